The van der Waals surface area contributed by atoms with Gasteiger partial charge in [0.05, 0.1) is 7.11 Å². The van der Waals surface area contributed by atoms with Gasteiger partial charge in [-0.2, -0.15) is 0 Å². The van der Waals surface area contributed by atoms with Crippen molar-refractivity contribution in [2.24, 2.45) is 11.3 Å². The average Bonchev–Trinajstić information content (AvgIpc) is 3.03. The summed E-state index contributed by atoms with van der Waals surface area (Å²) in [5.74, 6) is -0.239. The van der Waals surface area contributed by atoms with Gasteiger partial charge in [0.25, 0.3) is 0 Å². The molecule has 0 radical (unpaired) electrons. The predicted molar refractivity (Wildman–Crippen MR) is 54.0 cm³/mol. The molecule has 0 bridgehead atoms. The van der Waals surface area contributed by atoms with Crippen LogP contribution in [0.2, 0.25) is 0 Å². The van der Waals surface area contributed by atoms with E-state index < -0.39 is 5.54 Å². The minimum Gasteiger partial charge on any atom is -0.467 e. The molecule has 0 aromatic heterocycles. The van der Waals surface area contributed by atoms with Crippen LogP contribution in [0.4, 0.5) is 0 Å². The summed E-state index contributed by atoms with van der Waals surface area (Å²) in [6.45, 7) is 4.13. The zero-order valence-corrected chi connectivity index (χ0v) is 9.42. The second-order valence-corrected chi connectivity index (χ2v) is 5.31. The zero-order chi connectivity index (χ0) is 11.3. The fourth-order valence-corrected chi connectivity index (χ4v) is 1.94. The Morgan fingerprint density at radius 2 is 1.87 bits per heavy atom. The molecule has 2 fully saturated rings. The Kier molecular flexibility index (Phi) is 2.07. The number of nitrogens with one attached hydrogen (secondary N) is 1. The molecule has 0 saturated heterocycles. The Hall–Kier alpha value is -1.06. The highest BCUT2D eigenvalue weighted by Gasteiger charge is 2.57. The molecule has 15 heavy (non-hydrogen) atoms. The van der Waals surface area contributed by atoms with E-state index in [0.29, 0.717) is 12.8 Å². The molecule has 0 spiro atoms. The monoisotopic (exact) mass is 211 g/mol. The molecule has 4 nitrogen and oxygen atoms in total. The van der Waals surface area contributed by atoms with Crippen LogP contribution in [0.5, 0.6) is 0 Å². The van der Waals surface area contributed by atoms with Crippen molar-refractivity contribution in [3.63, 3.8) is 0 Å². The maximum absolute atomic E-state index is 11.8. The molecule has 0 aliphatic heterocycles. The second-order valence-electron chi connectivity index (χ2n) is 5.31. The first-order valence-corrected chi connectivity index (χ1v) is 5.32. The quantitative estimate of drug-likeness (QED) is 0.704. The van der Waals surface area contributed by atoms with Crippen molar-refractivity contribution in [1.82, 2.24) is 5.32 Å². The van der Waals surface area contributed by atoms with Crippen molar-refractivity contribution in [2.45, 2.75) is 38.6 Å². The standard InChI is InChI=1S/C11H17NO3/c1-10(2)6-7(10)8(13)12-11(4-5-11)9(14)15-3/h7H,4-6H2,1-3H3,(H,12,13)/t7-/m1/s1. The van der Waals surface area contributed by atoms with Gasteiger partial charge in [-0.15, -0.1) is 0 Å². The Labute approximate surface area is 89.4 Å². The van der Waals surface area contributed by atoms with Crippen LogP contribution in [0.1, 0.15) is 33.1 Å². The Morgan fingerprint density at radius 3 is 2.20 bits per heavy atom. The summed E-state index contributed by atoms with van der Waals surface area (Å²) in [5, 5.41) is 2.82. The second kappa shape index (κ2) is 2.97. The first-order valence-electron chi connectivity index (χ1n) is 5.32. The van der Waals surface area contributed by atoms with E-state index in [2.05, 4.69) is 23.9 Å². The molecule has 84 valence electrons. The normalized spacial score (nSPS) is 29.1. The van der Waals surface area contributed by atoms with Crippen molar-refractivity contribution in [2.75, 3.05) is 7.11 Å². The molecule has 2 rings (SSSR count). The van der Waals surface area contributed by atoms with E-state index in [1.807, 2.05) is 0 Å². The Bertz CT molecular complexity index is 318. The zero-order valence-electron chi connectivity index (χ0n) is 9.42. The molecule has 1 amide bonds. The first kappa shape index (κ1) is 10.5. The summed E-state index contributed by atoms with van der Waals surface area (Å²) in [5.41, 5.74) is -0.583. The molecule has 0 heterocycles. The van der Waals surface area contributed by atoms with Crippen LogP contribution < -0.4 is 5.32 Å². The SMILES string of the molecule is COC(=O)C1(NC(=O)[C@H]2CC2(C)C)CC1. The van der Waals surface area contributed by atoms with Crippen LogP contribution in [0.15, 0.2) is 0 Å². The summed E-state index contributed by atoms with van der Waals surface area (Å²) in [4.78, 5) is 23.2. The highest BCUT2D eigenvalue weighted by atomic mass is 16.5. The van der Waals surface area contributed by atoms with Crippen LogP contribution >= 0.6 is 0 Å². The summed E-state index contributed by atoms with van der Waals surface area (Å²) in [6.07, 6.45) is 2.33. The van der Waals surface area contributed by atoms with Gasteiger partial charge in [0.15, 0.2) is 0 Å². The van der Waals surface area contributed by atoms with Crippen LogP contribution in [0, 0.1) is 11.3 Å². The maximum atomic E-state index is 11.8. The molecule has 0 aromatic rings. The van der Waals surface area contributed by atoms with Crippen molar-refractivity contribution in [3.05, 3.63) is 0 Å². The van der Waals surface area contributed by atoms with Crippen LogP contribution in [0.3, 0.4) is 0 Å². The lowest BCUT2D eigenvalue weighted by atomic mass is 10.1. The van der Waals surface area contributed by atoms with E-state index in [1.54, 1.807) is 0 Å². The van der Waals surface area contributed by atoms with Gasteiger partial charge in [0.1, 0.15) is 5.54 Å². The number of esters is 1. The number of carbonyl (C=O) groups excluding carboxylic acids is 2. The molecule has 0 unspecified atom stereocenters. The number of ether oxygens (including phenoxy) is 1. The minimum atomic E-state index is -0.690. The number of carbonyl (C=O) groups is 2. The third-order valence-electron chi connectivity index (χ3n) is 3.52. The number of methoxy groups -OCH3 is 1. The largest absolute Gasteiger partial charge is 0.467 e. The minimum absolute atomic E-state index is 0.00269. The Morgan fingerprint density at radius 1 is 1.33 bits per heavy atom. The van der Waals surface area contributed by atoms with E-state index in [-0.39, 0.29) is 23.2 Å². The van der Waals surface area contributed by atoms with Crippen molar-refractivity contribution >= 4 is 11.9 Å². The van der Waals surface area contributed by atoms with Gasteiger partial charge in [-0.1, -0.05) is 13.8 Å². The summed E-state index contributed by atoms with van der Waals surface area (Å²) in [6, 6.07) is 0. The maximum Gasteiger partial charge on any atom is 0.331 e. The van der Waals surface area contributed by atoms with Gasteiger partial charge in [0.2, 0.25) is 5.91 Å². The van der Waals surface area contributed by atoms with Gasteiger partial charge in [0, 0.05) is 5.92 Å². The van der Waals surface area contributed by atoms with Crippen LogP contribution in [-0.2, 0) is 14.3 Å². The molecule has 0 aromatic carbocycles. The lowest BCUT2D eigenvalue weighted by Crippen LogP contribution is -2.44. The summed E-state index contributed by atoms with van der Waals surface area (Å²) in [7, 11) is 1.36. The van der Waals surface area contributed by atoms with Crippen LogP contribution in [-0.4, -0.2) is 24.5 Å². The molecular weight excluding hydrogens is 194 g/mol. The number of hydrogen-bond donors (Lipinski definition) is 1. The van der Waals surface area contributed by atoms with Crippen LogP contribution in [0.25, 0.3) is 0 Å². The first-order chi connectivity index (χ1) is 6.91. The highest BCUT2D eigenvalue weighted by Crippen LogP contribution is 2.52. The summed E-state index contributed by atoms with van der Waals surface area (Å²) < 4.78 is 4.68. The lowest BCUT2D eigenvalue weighted by Gasteiger charge is -2.15. The molecule has 4 heteroatoms. The van der Waals surface area contributed by atoms with Gasteiger partial charge in [-0.25, -0.2) is 4.79 Å². The fourth-order valence-electron chi connectivity index (χ4n) is 1.94. The topological polar surface area (TPSA) is 55.4 Å². The Balaban J connectivity index is 1.93. The molecule has 1 N–H and O–H groups in total. The van der Waals surface area contributed by atoms with Gasteiger partial charge in [-0.05, 0) is 24.7 Å². The van der Waals surface area contributed by atoms with E-state index in [9.17, 15) is 9.59 Å². The average molecular weight is 211 g/mol. The smallest absolute Gasteiger partial charge is 0.331 e. The van der Waals surface area contributed by atoms with E-state index in [4.69, 9.17) is 0 Å². The highest BCUT2D eigenvalue weighted by molar-refractivity contribution is 5.92. The summed E-state index contributed by atoms with van der Waals surface area (Å²) >= 11 is 0. The molecule has 2 saturated carbocycles. The van der Waals surface area contributed by atoms with Crippen molar-refractivity contribution in [1.29, 1.82) is 0 Å². The molecule has 1 atom stereocenters. The molecular formula is C11H17NO3. The van der Waals surface area contributed by atoms with Gasteiger partial charge in [-0.3, -0.25) is 4.79 Å². The number of amides is 1. The van der Waals surface area contributed by atoms with E-state index in [1.165, 1.54) is 7.11 Å². The van der Waals surface area contributed by atoms with Gasteiger partial charge >= 0.3 is 5.97 Å². The van der Waals surface area contributed by atoms with Crippen molar-refractivity contribution in [3.8, 4) is 0 Å². The third kappa shape index (κ3) is 1.73. The number of hydrogen-bond acceptors (Lipinski definition) is 3. The van der Waals surface area contributed by atoms with E-state index in [0.717, 1.165) is 6.42 Å². The predicted octanol–water partition coefficient (Wildman–Crippen LogP) is 0.854. The number of rotatable bonds is 3. The fraction of sp³-hybridized carbons (Fsp3) is 0.818. The van der Waals surface area contributed by atoms with E-state index >= 15 is 0 Å². The molecule has 2 aliphatic carbocycles. The lowest BCUT2D eigenvalue weighted by molar-refractivity contribution is -0.146. The van der Waals surface area contributed by atoms with Crippen molar-refractivity contribution < 1.29 is 14.3 Å². The molecule has 2 aliphatic rings. The van der Waals surface area contributed by atoms with Gasteiger partial charge < -0.3 is 10.1 Å². The third-order valence-corrected chi connectivity index (χ3v) is 3.52.